The molecule has 0 spiro atoms. The zero-order chi connectivity index (χ0) is 14.7. The second-order valence-electron chi connectivity index (χ2n) is 5.30. The molecule has 0 amide bonds. The lowest BCUT2D eigenvalue weighted by Crippen LogP contribution is -2.44. The molecule has 1 aromatic heterocycles. The Balaban J connectivity index is 1.73. The number of carboxylic acid groups (broad SMARTS) is 1. The molecule has 5 heteroatoms. The van der Waals surface area contributed by atoms with Crippen molar-refractivity contribution < 1.29 is 14.3 Å². The van der Waals surface area contributed by atoms with Crippen LogP contribution in [0.15, 0.2) is 40.9 Å². The Bertz CT molecular complexity index is 609. The van der Waals surface area contributed by atoms with E-state index < -0.39 is 12.0 Å². The molecule has 2 heterocycles. The molecule has 1 fully saturated rings. The minimum absolute atomic E-state index is 0.425. The number of aliphatic carboxylic acids is 1. The van der Waals surface area contributed by atoms with Gasteiger partial charge in [-0.15, -0.1) is 0 Å². The van der Waals surface area contributed by atoms with E-state index in [1.807, 2.05) is 35.2 Å². The van der Waals surface area contributed by atoms with Crippen LogP contribution in [0.3, 0.4) is 0 Å². The molecule has 1 saturated heterocycles. The number of rotatable bonds is 4. The van der Waals surface area contributed by atoms with Gasteiger partial charge < -0.3 is 9.52 Å². The minimum atomic E-state index is -0.760. The number of carbonyl (C=O) groups is 1. The quantitative estimate of drug-likeness (QED) is 0.936. The van der Waals surface area contributed by atoms with Gasteiger partial charge in [-0.25, -0.2) is 4.98 Å². The van der Waals surface area contributed by atoms with Gasteiger partial charge in [0.15, 0.2) is 5.76 Å². The van der Waals surface area contributed by atoms with Gasteiger partial charge in [-0.2, -0.15) is 0 Å². The largest absolute Gasteiger partial charge is 0.480 e. The fourth-order valence-corrected chi connectivity index (χ4v) is 2.75. The van der Waals surface area contributed by atoms with Crippen LogP contribution in [0.2, 0.25) is 0 Å². The van der Waals surface area contributed by atoms with Crippen LogP contribution in [0.5, 0.6) is 0 Å². The zero-order valence-corrected chi connectivity index (χ0v) is 11.7. The van der Waals surface area contributed by atoms with Crippen LogP contribution in [0.1, 0.15) is 25.2 Å². The fraction of sp³-hybridized carbons (Fsp3) is 0.375. The topological polar surface area (TPSA) is 66.6 Å². The molecular weight excluding hydrogens is 268 g/mol. The van der Waals surface area contributed by atoms with Crippen molar-refractivity contribution in [2.75, 3.05) is 6.54 Å². The molecule has 0 aliphatic carbocycles. The molecule has 3 rings (SSSR count). The first kappa shape index (κ1) is 13.8. The Morgan fingerprint density at radius 2 is 2.14 bits per heavy atom. The third-order valence-electron chi connectivity index (χ3n) is 3.85. The number of hydrogen-bond acceptors (Lipinski definition) is 4. The van der Waals surface area contributed by atoms with E-state index in [2.05, 4.69) is 4.98 Å². The van der Waals surface area contributed by atoms with Crippen LogP contribution in [0.4, 0.5) is 0 Å². The van der Waals surface area contributed by atoms with Crippen molar-refractivity contribution in [3.8, 4) is 11.3 Å². The lowest BCUT2D eigenvalue weighted by Gasteiger charge is -2.31. The van der Waals surface area contributed by atoms with E-state index in [1.54, 1.807) is 6.20 Å². The number of carboxylic acids is 1. The number of hydrogen-bond donors (Lipinski definition) is 1. The van der Waals surface area contributed by atoms with Gasteiger partial charge in [-0.05, 0) is 19.4 Å². The van der Waals surface area contributed by atoms with Gasteiger partial charge in [0.05, 0.1) is 12.7 Å². The van der Waals surface area contributed by atoms with Gasteiger partial charge in [0.1, 0.15) is 6.04 Å². The molecule has 1 aliphatic rings. The molecule has 1 unspecified atom stereocenters. The maximum absolute atomic E-state index is 11.3. The molecule has 0 bridgehead atoms. The highest BCUT2D eigenvalue weighted by molar-refractivity contribution is 5.73. The highest BCUT2D eigenvalue weighted by Crippen LogP contribution is 2.23. The number of nitrogens with zero attached hydrogens (tertiary/aromatic N) is 2. The molecule has 2 aromatic rings. The predicted octanol–water partition coefficient (Wildman–Crippen LogP) is 2.78. The zero-order valence-electron chi connectivity index (χ0n) is 11.7. The van der Waals surface area contributed by atoms with Crippen LogP contribution >= 0.6 is 0 Å². The van der Waals surface area contributed by atoms with Gasteiger partial charge in [0.25, 0.3) is 0 Å². The van der Waals surface area contributed by atoms with E-state index in [0.717, 1.165) is 30.7 Å². The second-order valence-corrected chi connectivity index (χ2v) is 5.30. The lowest BCUT2D eigenvalue weighted by atomic mass is 10.0. The Morgan fingerprint density at radius 3 is 2.90 bits per heavy atom. The van der Waals surface area contributed by atoms with E-state index in [0.29, 0.717) is 18.9 Å². The molecule has 0 radical (unpaired) electrons. The van der Waals surface area contributed by atoms with Crippen LogP contribution in [-0.2, 0) is 11.3 Å². The summed E-state index contributed by atoms with van der Waals surface area (Å²) in [5.74, 6) is 0.529. The monoisotopic (exact) mass is 286 g/mol. The van der Waals surface area contributed by atoms with E-state index in [4.69, 9.17) is 4.42 Å². The van der Waals surface area contributed by atoms with Crippen molar-refractivity contribution in [3.05, 3.63) is 42.4 Å². The Kier molecular flexibility index (Phi) is 4.01. The minimum Gasteiger partial charge on any atom is -0.480 e. The molecule has 0 saturated carbocycles. The van der Waals surface area contributed by atoms with E-state index in [-0.39, 0.29) is 0 Å². The van der Waals surface area contributed by atoms with Crippen molar-refractivity contribution in [2.45, 2.75) is 31.8 Å². The van der Waals surface area contributed by atoms with Crippen molar-refractivity contribution in [3.63, 3.8) is 0 Å². The van der Waals surface area contributed by atoms with Crippen molar-refractivity contribution >= 4 is 5.97 Å². The summed E-state index contributed by atoms with van der Waals surface area (Å²) in [6.07, 6.45) is 4.39. The first-order chi connectivity index (χ1) is 10.2. The van der Waals surface area contributed by atoms with Gasteiger partial charge in [-0.3, -0.25) is 9.69 Å². The van der Waals surface area contributed by atoms with Gasteiger partial charge in [-0.1, -0.05) is 36.8 Å². The summed E-state index contributed by atoms with van der Waals surface area (Å²) in [5, 5.41) is 9.28. The first-order valence-electron chi connectivity index (χ1n) is 7.21. The normalized spacial score (nSPS) is 19.5. The van der Waals surface area contributed by atoms with Crippen molar-refractivity contribution in [1.29, 1.82) is 0 Å². The Morgan fingerprint density at radius 1 is 1.33 bits per heavy atom. The SMILES string of the molecule is O=C(O)C1CCCCN1Cc1ncc(-c2ccccc2)o1. The summed E-state index contributed by atoms with van der Waals surface area (Å²) in [7, 11) is 0. The lowest BCUT2D eigenvalue weighted by molar-refractivity contribution is -0.145. The molecule has 21 heavy (non-hydrogen) atoms. The smallest absolute Gasteiger partial charge is 0.320 e. The summed E-state index contributed by atoms with van der Waals surface area (Å²) >= 11 is 0. The molecule has 1 N–H and O–H groups in total. The maximum Gasteiger partial charge on any atom is 0.320 e. The van der Waals surface area contributed by atoms with Crippen LogP contribution < -0.4 is 0 Å². The van der Waals surface area contributed by atoms with Crippen molar-refractivity contribution in [1.82, 2.24) is 9.88 Å². The third-order valence-corrected chi connectivity index (χ3v) is 3.85. The first-order valence-corrected chi connectivity index (χ1v) is 7.21. The van der Waals surface area contributed by atoms with Crippen LogP contribution in [-0.4, -0.2) is 33.5 Å². The second kappa shape index (κ2) is 6.10. The van der Waals surface area contributed by atoms with Crippen LogP contribution in [0.25, 0.3) is 11.3 Å². The Hall–Kier alpha value is -2.14. The van der Waals surface area contributed by atoms with E-state index in [9.17, 15) is 9.90 Å². The van der Waals surface area contributed by atoms with Crippen LogP contribution in [0, 0.1) is 0 Å². The fourth-order valence-electron chi connectivity index (χ4n) is 2.75. The Labute approximate surface area is 123 Å². The van der Waals surface area contributed by atoms with E-state index >= 15 is 0 Å². The summed E-state index contributed by atoms with van der Waals surface area (Å²) in [4.78, 5) is 17.5. The third kappa shape index (κ3) is 3.13. The summed E-state index contributed by atoms with van der Waals surface area (Å²) in [6, 6.07) is 9.35. The number of oxazole rings is 1. The average Bonchev–Trinajstić information content (AvgIpc) is 2.97. The molecular formula is C16H18N2O3. The van der Waals surface area contributed by atoms with Gasteiger partial charge in [0.2, 0.25) is 5.89 Å². The predicted molar refractivity (Wildman–Crippen MR) is 77.6 cm³/mol. The van der Waals surface area contributed by atoms with Gasteiger partial charge >= 0.3 is 5.97 Å². The number of piperidine rings is 1. The number of benzene rings is 1. The summed E-state index contributed by atoms with van der Waals surface area (Å²) in [6.45, 7) is 1.23. The highest BCUT2D eigenvalue weighted by atomic mass is 16.4. The molecule has 1 aromatic carbocycles. The number of aromatic nitrogens is 1. The van der Waals surface area contributed by atoms with Gasteiger partial charge in [0, 0.05) is 5.56 Å². The maximum atomic E-state index is 11.3. The van der Waals surface area contributed by atoms with Crippen molar-refractivity contribution in [2.24, 2.45) is 0 Å². The summed E-state index contributed by atoms with van der Waals surface area (Å²) < 4.78 is 5.75. The molecule has 5 nitrogen and oxygen atoms in total. The molecule has 1 aliphatic heterocycles. The average molecular weight is 286 g/mol. The standard InChI is InChI=1S/C16H18N2O3/c19-16(20)13-8-4-5-9-18(13)11-15-17-10-14(21-15)12-6-2-1-3-7-12/h1-3,6-7,10,13H,4-5,8-9,11H2,(H,19,20). The summed E-state index contributed by atoms with van der Waals surface area (Å²) in [5.41, 5.74) is 0.977. The molecule has 110 valence electrons. The highest BCUT2D eigenvalue weighted by Gasteiger charge is 2.29. The van der Waals surface area contributed by atoms with E-state index in [1.165, 1.54) is 0 Å². The number of likely N-dealkylation sites (tertiary alicyclic amines) is 1. The molecule has 1 atom stereocenters.